The van der Waals surface area contributed by atoms with Crippen LogP contribution in [0.4, 0.5) is 10.2 Å². The zero-order chi connectivity index (χ0) is 25.4. The van der Waals surface area contributed by atoms with E-state index in [1.807, 2.05) is 13.0 Å². The first-order valence-electron chi connectivity index (χ1n) is 11.4. The van der Waals surface area contributed by atoms with Gasteiger partial charge in [-0.2, -0.15) is 0 Å². The number of hydrogen-bond donors (Lipinski definition) is 1. The van der Waals surface area contributed by atoms with Crippen LogP contribution in [0.5, 0.6) is 5.75 Å². The first kappa shape index (κ1) is 23.7. The first-order chi connectivity index (χ1) is 17.4. The lowest BCUT2D eigenvalue weighted by molar-refractivity contribution is -0.126. The van der Waals surface area contributed by atoms with E-state index in [0.717, 1.165) is 16.5 Å². The summed E-state index contributed by atoms with van der Waals surface area (Å²) in [5, 5.41) is 21.3. The fourth-order valence-electron chi connectivity index (χ4n) is 4.54. The molecule has 9 heteroatoms. The van der Waals surface area contributed by atoms with Gasteiger partial charge in [-0.15, -0.1) is 10.2 Å². The number of aryl methyl sites for hydroxylation is 1. The summed E-state index contributed by atoms with van der Waals surface area (Å²) in [5.74, 6) is -0.279. The van der Waals surface area contributed by atoms with Gasteiger partial charge in [0.2, 0.25) is 5.91 Å². The van der Waals surface area contributed by atoms with Crippen LogP contribution in [0.25, 0.3) is 33.2 Å². The number of piperazine rings is 1. The van der Waals surface area contributed by atoms with Crippen molar-refractivity contribution in [2.75, 3.05) is 31.1 Å². The second kappa shape index (κ2) is 9.54. The van der Waals surface area contributed by atoms with Crippen molar-refractivity contribution in [3.05, 3.63) is 77.9 Å². The molecule has 0 atom stereocenters. The van der Waals surface area contributed by atoms with Gasteiger partial charge in [0.15, 0.2) is 5.82 Å². The zero-order valence-electron chi connectivity index (χ0n) is 19.6. The molecular weight excluding hydrogens is 481 g/mol. The number of pyridine rings is 1. The smallest absolute Gasteiger partial charge is 0.246 e. The average molecular weight is 504 g/mol. The van der Waals surface area contributed by atoms with Gasteiger partial charge in [0, 0.05) is 65.5 Å². The molecule has 0 bridgehead atoms. The van der Waals surface area contributed by atoms with Gasteiger partial charge in [-0.05, 0) is 48.9 Å². The highest BCUT2D eigenvalue weighted by Gasteiger charge is 2.25. The largest absolute Gasteiger partial charge is 0.507 e. The molecule has 1 aliphatic rings. The molecule has 0 saturated carbocycles. The number of benzene rings is 2. The highest BCUT2D eigenvalue weighted by molar-refractivity contribution is 6.34. The minimum absolute atomic E-state index is 0.0215. The van der Waals surface area contributed by atoms with Crippen molar-refractivity contribution >= 4 is 34.1 Å². The maximum atomic E-state index is 14.8. The number of anilines is 1. The van der Waals surface area contributed by atoms with Crippen molar-refractivity contribution in [3.8, 4) is 28.1 Å². The van der Waals surface area contributed by atoms with Gasteiger partial charge < -0.3 is 14.9 Å². The molecular formula is C27H23ClFN5O2. The van der Waals surface area contributed by atoms with E-state index in [-0.39, 0.29) is 22.2 Å². The van der Waals surface area contributed by atoms with Crippen molar-refractivity contribution in [2.45, 2.75) is 6.92 Å². The molecule has 1 N–H and O–H groups in total. The van der Waals surface area contributed by atoms with E-state index in [1.165, 1.54) is 24.3 Å². The van der Waals surface area contributed by atoms with E-state index in [4.69, 9.17) is 11.6 Å². The molecule has 0 unspecified atom stereocenters. The second-order valence-electron chi connectivity index (χ2n) is 8.59. The van der Waals surface area contributed by atoms with Crippen LogP contribution in [-0.4, -0.2) is 57.3 Å². The van der Waals surface area contributed by atoms with Crippen LogP contribution in [0.2, 0.25) is 5.02 Å². The number of halogens is 2. The van der Waals surface area contributed by atoms with Gasteiger partial charge in [-0.1, -0.05) is 24.2 Å². The topological polar surface area (TPSA) is 82.5 Å². The van der Waals surface area contributed by atoms with Crippen LogP contribution in [0.1, 0.15) is 5.56 Å². The summed E-state index contributed by atoms with van der Waals surface area (Å²) in [7, 11) is 0. The monoisotopic (exact) mass is 503 g/mol. The van der Waals surface area contributed by atoms with E-state index >= 15 is 0 Å². The van der Waals surface area contributed by atoms with Gasteiger partial charge >= 0.3 is 0 Å². The molecule has 5 rings (SSSR count). The molecule has 1 saturated heterocycles. The van der Waals surface area contributed by atoms with Crippen molar-refractivity contribution < 1.29 is 14.3 Å². The summed E-state index contributed by atoms with van der Waals surface area (Å²) in [6.45, 7) is 7.67. The summed E-state index contributed by atoms with van der Waals surface area (Å²) >= 11 is 6.68. The minimum atomic E-state index is -0.583. The Morgan fingerprint density at radius 3 is 2.58 bits per heavy atom. The highest BCUT2D eigenvalue weighted by atomic mass is 35.5. The van der Waals surface area contributed by atoms with Crippen LogP contribution >= 0.6 is 11.6 Å². The number of phenolic OH excluding ortho intramolecular Hbond substituents is 1. The lowest BCUT2D eigenvalue weighted by Gasteiger charge is -2.35. The Bertz CT molecular complexity index is 1480. The summed E-state index contributed by atoms with van der Waals surface area (Å²) < 4.78 is 14.8. The Balaban J connectivity index is 1.70. The Kier molecular flexibility index (Phi) is 6.28. The van der Waals surface area contributed by atoms with Crippen molar-refractivity contribution in [2.24, 2.45) is 0 Å². The maximum absolute atomic E-state index is 14.8. The third-order valence-electron chi connectivity index (χ3n) is 6.47. The number of rotatable bonds is 4. The Labute approximate surface area is 212 Å². The molecule has 0 radical (unpaired) electrons. The third kappa shape index (κ3) is 4.13. The highest BCUT2D eigenvalue weighted by Crippen LogP contribution is 2.42. The SMILES string of the molecule is C=CC(=O)N1CCN(c2nnc(-c3cnccc3C)c3cc(-c4c(O)cccc4F)c(Cl)cc23)CC1. The summed E-state index contributed by atoms with van der Waals surface area (Å²) in [5.41, 5.74) is 2.69. The van der Waals surface area contributed by atoms with Gasteiger partial charge in [0.05, 0.1) is 5.56 Å². The van der Waals surface area contributed by atoms with Gasteiger partial charge in [-0.25, -0.2) is 4.39 Å². The molecule has 0 aliphatic carbocycles. The molecule has 7 nitrogen and oxygen atoms in total. The van der Waals surface area contributed by atoms with Crippen molar-refractivity contribution in [1.82, 2.24) is 20.1 Å². The predicted molar refractivity (Wildman–Crippen MR) is 139 cm³/mol. The van der Waals surface area contributed by atoms with E-state index in [2.05, 4.69) is 26.7 Å². The summed E-state index contributed by atoms with van der Waals surface area (Å²) in [4.78, 5) is 20.1. The quantitative estimate of drug-likeness (QED) is 0.395. The van der Waals surface area contributed by atoms with E-state index < -0.39 is 5.82 Å². The molecule has 4 aromatic rings. The Hall–Kier alpha value is -4.04. The third-order valence-corrected chi connectivity index (χ3v) is 6.78. The Morgan fingerprint density at radius 1 is 1.11 bits per heavy atom. The van der Waals surface area contributed by atoms with Crippen molar-refractivity contribution in [3.63, 3.8) is 0 Å². The number of aromatic hydroxyl groups is 1. The van der Waals surface area contributed by atoms with E-state index in [0.29, 0.717) is 48.6 Å². The van der Waals surface area contributed by atoms with Crippen LogP contribution in [0.15, 0.2) is 61.4 Å². The molecule has 3 heterocycles. The number of aromatic nitrogens is 3. The molecule has 1 aliphatic heterocycles. The lowest BCUT2D eigenvalue weighted by atomic mass is 9.96. The number of carbonyl (C=O) groups is 1. The average Bonchev–Trinajstić information content (AvgIpc) is 2.88. The predicted octanol–water partition coefficient (Wildman–Crippen LogP) is 5.00. The van der Waals surface area contributed by atoms with Crippen LogP contribution < -0.4 is 4.90 Å². The molecule has 2 aromatic carbocycles. The molecule has 182 valence electrons. The number of nitrogens with zero attached hydrogens (tertiary/aromatic N) is 5. The van der Waals surface area contributed by atoms with E-state index in [1.54, 1.807) is 29.4 Å². The van der Waals surface area contributed by atoms with Gasteiger partial charge in [0.25, 0.3) is 0 Å². The normalized spacial score (nSPS) is 13.8. The number of hydrogen-bond acceptors (Lipinski definition) is 6. The number of amides is 1. The number of phenols is 1. The van der Waals surface area contributed by atoms with E-state index in [9.17, 15) is 14.3 Å². The van der Waals surface area contributed by atoms with Gasteiger partial charge in [-0.3, -0.25) is 9.78 Å². The minimum Gasteiger partial charge on any atom is -0.507 e. The number of carbonyl (C=O) groups excluding carboxylic acids is 1. The summed E-state index contributed by atoms with van der Waals surface area (Å²) in [6.07, 6.45) is 4.73. The summed E-state index contributed by atoms with van der Waals surface area (Å²) in [6, 6.07) is 9.50. The number of fused-ring (bicyclic) bond motifs is 1. The molecule has 2 aromatic heterocycles. The molecule has 36 heavy (non-hydrogen) atoms. The molecule has 1 amide bonds. The van der Waals surface area contributed by atoms with Crippen LogP contribution in [0.3, 0.4) is 0 Å². The lowest BCUT2D eigenvalue weighted by Crippen LogP contribution is -2.48. The van der Waals surface area contributed by atoms with Gasteiger partial charge in [0.1, 0.15) is 17.3 Å². The van der Waals surface area contributed by atoms with Crippen LogP contribution in [-0.2, 0) is 4.79 Å². The maximum Gasteiger partial charge on any atom is 0.246 e. The zero-order valence-corrected chi connectivity index (χ0v) is 20.3. The standard InChI is InChI=1S/C27H23ClFN5O2/c1-3-24(36)33-9-11-34(12-10-33)27-18-14-21(28)19(25-22(29)5-4-6-23(25)35)13-17(18)26(31-32-27)20-15-30-8-7-16(20)2/h3-8,13-15,35H,1,9-12H2,2H3. The van der Waals surface area contributed by atoms with Crippen molar-refractivity contribution in [1.29, 1.82) is 0 Å². The Morgan fingerprint density at radius 2 is 1.89 bits per heavy atom. The molecule has 0 spiro atoms. The fraction of sp³-hybridized carbons (Fsp3) is 0.185. The first-order valence-corrected chi connectivity index (χ1v) is 11.8. The molecule has 1 fully saturated rings. The second-order valence-corrected chi connectivity index (χ2v) is 9.00. The van der Waals surface area contributed by atoms with Crippen LogP contribution in [0, 0.1) is 12.7 Å². The fourth-order valence-corrected chi connectivity index (χ4v) is 4.80.